The van der Waals surface area contributed by atoms with Gasteiger partial charge in [0, 0.05) is 18.1 Å². The average Bonchev–Trinajstić information content (AvgIpc) is 2.83. The van der Waals surface area contributed by atoms with Crippen molar-refractivity contribution in [2.24, 2.45) is 5.92 Å². The number of sulfonamides is 1. The first-order valence-electron chi connectivity index (χ1n) is 10.7. The molecular formula is C24H24ClN3O4S. The van der Waals surface area contributed by atoms with Gasteiger partial charge >= 0.3 is 0 Å². The van der Waals surface area contributed by atoms with E-state index in [2.05, 4.69) is 10.9 Å². The molecule has 9 heteroatoms. The molecule has 4 rings (SSSR count). The topological polar surface area (TPSA) is 95.6 Å². The van der Waals surface area contributed by atoms with Crippen LogP contribution in [0.2, 0.25) is 5.02 Å². The number of carbonyl (C=O) groups excluding carboxylic acids is 2. The van der Waals surface area contributed by atoms with Gasteiger partial charge in [-0.1, -0.05) is 54.1 Å². The molecule has 2 N–H and O–H groups in total. The molecular weight excluding hydrogens is 462 g/mol. The molecule has 2 amide bonds. The van der Waals surface area contributed by atoms with E-state index in [0.717, 1.165) is 16.3 Å². The van der Waals surface area contributed by atoms with Gasteiger partial charge in [0.15, 0.2) is 0 Å². The lowest BCUT2D eigenvalue weighted by Gasteiger charge is -2.31. The Labute approximate surface area is 197 Å². The summed E-state index contributed by atoms with van der Waals surface area (Å²) in [6.45, 7) is 0.387. The minimum Gasteiger partial charge on any atom is -0.273 e. The molecule has 1 fully saturated rings. The third kappa shape index (κ3) is 5.35. The van der Waals surface area contributed by atoms with Gasteiger partial charge in [-0.25, -0.2) is 8.42 Å². The third-order valence-corrected chi connectivity index (χ3v) is 7.89. The Morgan fingerprint density at radius 3 is 2.48 bits per heavy atom. The van der Waals surface area contributed by atoms with Gasteiger partial charge in [-0.3, -0.25) is 20.4 Å². The molecule has 1 aliphatic rings. The van der Waals surface area contributed by atoms with Crippen LogP contribution in [-0.4, -0.2) is 37.6 Å². The summed E-state index contributed by atoms with van der Waals surface area (Å²) < 4.78 is 27.2. The highest BCUT2D eigenvalue weighted by molar-refractivity contribution is 7.89. The van der Waals surface area contributed by atoms with E-state index in [4.69, 9.17) is 11.6 Å². The number of nitrogens with one attached hydrogen (secondary N) is 2. The number of nitrogens with zero attached hydrogens (tertiary/aromatic N) is 1. The Hall–Kier alpha value is -2.94. The number of rotatable bonds is 5. The van der Waals surface area contributed by atoms with Crippen molar-refractivity contribution in [3.63, 3.8) is 0 Å². The third-order valence-electron chi connectivity index (χ3n) is 5.76. The number of amides is 2. The first kappa shape index (κ1) is 23.2. The molecule has 172 valence electrons. The predicted molar refractivity (Wildman–Crippen MR) is 127 cm³/mol. The van der Waals surface area contributed by atoms with Gasteiger partial charge in [0.1, 0.15) is 0 Å². The van der Waals surface area contributed by atoms with E-state index in [-0.39, 0.29) is 23.8 Å². The van der Waals surface area contributed by atoms with E-state index in [0.29, 0.717) is 24.4 Å². The zero-order chi connectivity index (χ0) is 23.4. The summed E-state index contributed by atoms with van der Waals surface area (Å²) in [5.74, 6) is -1.31. The summed E-state index contributed by atoms with van der Waals surface area (Å²) in [6.07, 6.45) is 1.20. The van der Waals surface area contributed by atoms with Crippen LogP contribution in [0.5, 0.6) is 0 Å². The fourth-order valence-electron chi connectivity index (χ4n) is 4.03. The predicted octanol–water partition coefficient (Wildman–Crippen LogP) is 3.28. The van der Waals surface area contributed by atoms with Crippen molar-refractivity contribution >= 4 is 44.2 Å². The maximum Gasteiger partial charge on any atom is 0.243 e. The van der Waals surface area contributed by atoms with E-state index >= 15 is 0 Å². The molecule has 1 heterocycles. The van der Waals surface area contributed by atoms with Gasteiger partial charge in [-0.15, -0.1) is 0 Å². The highest BCUT2D eigenvalue weighted by Gasteiger charge is 2.33. The maximum absolute atomic E-state index is 12.9. The zero-order valence-electron chi connectivity index (χ0n) is 17.8. The van der Waals surface area contributed by atoms with Crippen molar-refractivity contribution < 1.29 is 18.0 Å². The van der Waals surface area contributed by atoms with E-state index in [1.165, 1.54) is 28.6 Å². The summed E-state index contributed by atoms with van der Waals surface area (Å²) in [7, 11) is -3.73. The Bertz CT molecular complexity index is 1270. The zero-order valence-corrected chi connectivity index (χ0v) is 19.4. The smallest absolute Gasteiger partial charge is 0.243 e. The molecule has 3 aromatic rings. The second kappa shape index (κ2) is 9.91. The fourth-order valence-corrected chi connectivity index (χ4v) is 5.68. The lowest BCUT2D eigenvalue weighted by atomic mass is 9.99. The first-order valence-corrected chi connectivity index (χ1v) is 12.5. The van der Waals surface area contributed by atoms with E-state index in [9.17, 15) is 18.0 Å². The van der Waals surface area contributed by atoms with Crippen molar-refractivity contribution in [2.75, 3.05) is 13.1 Å². The van der Waals surface area contributed by atoms with Crippen LogP contribution in [0.25, 0.3) is 10.8 Å². The molecule has 1 atom stereocenters. The molecule has 0 bridgehead atoms. The first-order chi connectivity index (χ1) is 15.8. The molecule has 33 heavy (non-hydrogen) atoms. The molecule has 1 saturated heterocycles. The molecule has 1 unspecified atom stereocenters. The van der Waals surface area contributed by atoms with Crippen LogP contribution in [0.3, 0.4) is 0 Å². The van der Waals surface area contributed by atoms with Gasteiger partial charge < -0.3 is 0 Å². The van der Waals surface area contributed by atoms with E-state index in [1.807, 2.05) is 42.5 Å². The standard InChI is InChI=1S/C24H24ClN3O4S/c25-20-10-12-21(13-11-20)33(31,32)28-14-4-8-19(16-28)24(30)27-26-23(29)15-18-7-3-6-17-5-1-2-9-22(17)18/h1-3,5-7,9-13,19H,4,8,14-16H2,(H,26,29)(H,27,30). The van der Waals surface area contributed by atoms with Crippen molar-refractivity contribution in [3.8, 4) is 0 Å². The molecule has 0 radical (unpaired) electrons. The summed E-state index contributed by atoms with van der Waals surface area (Å²) in [4.78, 5) is 25.2. The number of carbonyl (C=O) groups is 2. The Morgan fingerprint density at radius 2 is 1.70 bits per heavy atom. The normalized spacial score (nSPS) is 16.9. The highest BCUT2D eigenvalue weighted by Crippen LogP contribution is 2.25. The quantitative estimate of drug-likeness (QED) is 0.542. The molecule has 0 aromatic heterocycles. The summed E-state index contributed by atoms with van der Waals surface area (Å²) in [5.41, 5.74) is 5.78. The lowest BCUT2D eigenvalue weighted by molar-refractivity contribution is -0.131. The second-order valence-electron chi connectivity index (χ2n) is 8.01. The molecule has 0 saturated carbocycles. The second-order valence-corrected chi connectivity index (χ2v) is 10.4. The molecule has 0 aliphatic carbocycles. The number of hydrogen-bond donors (Lipinski definition) is 2. The summed E-state index contributed by atoms with van der Waals surface area (Å²) >= 11 is 5.86. The van der Waals surface area contributed by atoms with Gasteiger partial charge in [-0.05, 0) is 53.4 Å². The minimum absolute atomic E-state index is 0.0516. The summed E-state index contributed by atoms with van der Waals surface area (Å²) in [6, 6.07) is 19.5. The highest BCUT2D eigenvalue weighted by atomic mass is 35.5. The average molecular weight is 486 g/mol. The number of halogens is 1. The Kier molecular flexibility index (Phi) is 6.97. The maximum atomic E-state index is 12.9. The van der Waals surface area contributed by atoms with Crippen molar-refractivity contribution in [1.82, 2.24) is 15.2 Å². The largest absolute Gasteiger partial charge is 0.273 e. The monoisotopic (exact) mass is 485 g/mol. The van der Waals surface area contributed by atoms with E-state index < -0.39 is 21.8 Å². The number of piperidine rings is 1. The SMILES string of the molecule is O=C(Cc1cccc2ccccc12)NNC(=O)C1CCCN(S(=O)(=O)c2ccc(Cl)cc2)C1. The van der Waals surface area contributed by atoms with Crippen LogP contribution in [0.4, 0.5) is 0 Å². The van der Waals surface area contributed by atoms with Crippen LogP contribution in [0, 0.1) is 5.92 Å². The number of benzene rings is 3. The van der Waals surface area contributed by atoms with Crippen molar-refractivity contribution in [2.45, 2.75) is 24.2 Å². The van der Waals surface area contributed by atoms with Gasteiger partial charge in [0.2, 0.25) is 21.8 Å². The van der Waals surface area contributed by atoms with Crippen LogP contribution in [-0.2, 0) is 26.0 Å². The molecule has 3 aromatic carbocycles. The lowest BCUT2D eigenvalue weighted by Crippen LogP contribution is -2.50. The van der Waals surface area contributed by atoms with Crippen molar-refractivity contribution in [1.29, 1.82) is 0 Å². The van der Waals surface area contributed by atoms with Gasteiger partial charge in [0.25, 0.3) is 0 Å². The van der Waals surface area contributed by atoms with Gasteiger partial charge in [-0.2, -0.15) is 4.31 Å². The molecule has 0 spiro atoms. The van der Waals surface area contributed by atoms with Crippen molar-refractivity contribution in [3.05, 3.63) is 77.3 Å². The Morgan fingerprint density at radius 1 is 0.970 bits per heavy atom. The van der Waals surface area contributed by atoms with E-state index in [1.54, 1.807) is 0 Å². The van der Waals surface area contributed by atoms with Crippen LogP contribution >= 0.6 is 11.6 Å². The Balaban J connectivity index is 1.35. The minimum atomic E-state index is -3.73. The van der Waals surface area contributed by atoms with Crippen LogP contribution < -0.4 is 10.9 Å². The van der Waals surface area contributed by atoms with Gasteiger partial charge in [0.05, 0.1) is 17.2 Å². The number of fused-ring (bicyclic) bond motifs is 1. The molecule has 1 aliphatic heterocycles. The number of hydrogen-bond acceptors (Lipinski definition) is 4. The summed E-state index contributed by atoms with van der Waals surface area (Å²) in [5, 5.41) is 2.47. The number of hydrazine groups is 1. The van der Waals surface area contributed by atoms with Crippen LogP contribution in [0.15, 0.2) is 71.6 Å². The fraction of sp³-hybridized carbons (Fsp3) is 0.250. The molecule has 7 nitrogen and oxygen atoms in total. The van der Waals surface area contributed by atoms with Crippen LogP contribution in [0.1, 0.15) is 18.4 Å².